The number of carbonyl (C=O) groups excluding carboxylic acids is 1. The normalized spacial score (nSPS) is 19.3. The van der Waals surface area contributed by atoms with Crippen molar-refractivity contribution in [3.63, 3.8) is 0 Å². The molecule has 79 heavy (non-hydrogen) atoms. The predicted molar refractivity (Wildman–Crippen MR) is 298 cm³/mol. The summed E-state index contributed by atoms with van der Waals surface area (Å²) in [5.41, 5.74) is 3.86. The number of carbonyl (C=O) groups is 2. The molecule has 20 nitrogen and oxygen atoms in total. The van der Waals surface area contributed by atoms with E-state index in [4.69, 9.17) is 0 Å². The van der Waals surface area contributed by atoms with Crippen LogP contribution in [0.2, 0.25) is 0 Å². The SMILES string of the molecule is CC1(C)C(=CC=CC2=[N+](CS(=O)(=O)O)c3ccccc3C2(C)C)N(CS(=O)(=O)O)c2ccc(CNC(=O)C[N+]3=C(/C=C/C=C/C=C4/N(CC(=O)O)c5ccc(S(=O)(=O)O)cc5C4(C)C)C(C)(C)c4cc(S(=O)(=O)O)ccc43)cc21. The molecule has 8 rings (SSSR count). The fourth-order valence-corrected chi connectivity index (χ4v) is 13.4. The van der Waals surface area contributed by atoms with Crippen molar-refractivity contribution in [3.8, 4) is 0 Å². The number of para-hydroxylation sites is 1. The lowest BCUT2D eigenvalue weighted by Crippen LogP contribution is -2.34. The molecule has 4 aliphatic rings. The third-order valence-electron chi connectivity index (χ3n) is 15.0. The van der Waals surface area contributed by atoms with Crippen LogP contribution in [0.5, 0.6) is 0 Å². The number of hydrogen-bond donors (Lipinski definition) is 6. The highest BCUT2D eigenvalue weighted by Crippen LogP contribution is 2.50. The zero-order valence-corrected chi connectivity index (χ0v) is 47.7. The lowest BCUT2D eigenvalue weighted by atomic mass is 9.81. The molecule has 0 fully saturated rings. The van der Waals surface area contributed by atoms with Gasteiger partial charge in [-0.3, -0.25) is 27.8 Å². The van der Waals surface area contributed by atoms with Crippen LogP contribution >= 0.6 is 0 Å². The molecule has 0 spiro atoms. The second-order valence-corrected chi connectivity index (χ2v) is 27.5. The molecule has 0 bridgehead atoms. The number of nitrogens with one attached hydrogen (secondary N) is 1. The molecule has 0 aliphatic carbocycles. The third kappa shape index (κ3) is 11.5. The third-order valence-corrected chi connectivity index (χ3v) is 17.9. The first-order valence-electron chi connectivity index (χ1n) is 24.6. The number of allylic oxidation sites excluding steroid dienone is 10. The van der Waals surface area contributed by atoms with Gasteiger partial charge in [-0.1, -0.05) is 82.3 Å². The molecule has 1 amide bonds. The molecule has 4 aromatic rings. The Bertz CT molecular complexity index is 3980. The molecule has 0 atom stereocenters. The second kappa shape index (κ2) is 20.3. The Morgan fingerprint density at radius 3 is 1.70 bits per heavy atom. The van der Waals surface area contributed by atoms with Crippen molar-refractivity contribution in [2.24, 2.45) is 0 Å². The van der Waals surface area contributed by atoms with Crippen molar-refractivity contribution in [1.82, 2.24) is 5.32 Å². The molecule has 0 saturated heterocycles. The standard InChI is InChI=1S/C55H59N5O15S4/c1-52(2)38-15-12-13-16-42(38)59(33-76(64,65)66)48(52)19-14-20-49-53(3,4)39-27-35(21-24-45(39)60(49)34-77(67,68)69)30-56-50(61)31-57-43-25-22-36(78(70,71)72)28-40(43)54(5,6)46(57)17-10-9-11-18-47-55(7,8)41-29-37(79(73,74)75)23-26-44(41)58(47)32-51(62)63/h9-29H,30-34H2,1-8H3,(H4-2,56,61,62,63,64,65,66,67,68,69,70,71,72,73,74,75)/p+2. The van der Waals surface area contributed by atoms with Gasteiger partial charge in [0.25, 0.3) is 42.1 Å². The van der Waals surface area contributed by atoms with E-state index in [1.807, 2.05) is 59.7 Å². The number of nitrogens with zero attached hydrogens (tertiary/aromatic N) is 4. The molecule has 6 N–H and O–H groups in total. The summed E-state index contributed by atoms with van der Waals surface area (Å²) >= 11 is 0. The Morgan fingerprint density at radius 1 is 0.557 bits per heavy atom. The van der Waals surface area contributed by atoms with Crippen LogP contribution in [0.25, 0.3) is 0 Å². The molecular formula is C55H61N5O15S4+2. The molecule has 418 valence electrons. The van der Waals surface area contributed by atoms with Gasteiger partial charge in [-0.05, 0) is 92.9 Å². The molecule has 4 aromatic carbocycles. The highest BCUT2D eigenvalue weighted by molar-refractivity contribution is 7.86. The highest BCUT2D eigenvalue weighted by Gasteiger charge is 2.48. The van der Waals surface area contributed by atoms with Gasteiger partial charge in [-0.2, -0.15) is 42.8 Å². The monoisotopic (exact) mass is 1160 g/mol. The van der Waals surface area contributed by atoms with Gasteiger partial charge in [0.1, 0.15) is 6.54 Å². The number of carboxylic acid groups (broad SMARTS) is 1. The van der Waals surface area contributed by atoms with E-state index in [9.17, 15) is 66.6 Å². The average Bonchev–Trinajstić information content (AvgIpc) is 3.63. The van der Waals surface area contributed by atoms with E-state index in [1.165, 1.54) is 45.9 Å². The fraction of sp³-hybridized carbons (Fsp3) is 0.309. The maximum absolute atomic E-state index is 14.1. The lowest BCUT2D eigenvalue weighted by molar-refractivity contribution is -0.425. The zero-order valence-electron chi connectivity index (χ0n) is 44.4. The van der Waals surface area contributed by atoms with Crippen LogP contribution in [-0.4, -0.2) is 114 Å². The van der Waals surface area contributed by atoms with Gasteiger partial charge in [0.05, 0.1) is 20.6 Å². The van der Waals surface area contributed by atoms with Crippen LogP contribution in [0.3, 0.4) is 0 Å². The fourth-order valence-electron chi connectivity index (χ4n) is 11.2. The first kappa shape index (κ1) is 58.3. The van der Waals surface area contributed by atoms with E-state index in [1.54, 1.807) is 96.2 Å². The van der Waals surface area contributed by atoms with Crippen molar-refractivity contribution >= 4 is 86.5 Å². The Labute approximate surface area is 459 Å². The lowest BCUT2D eigenvalue weighted by Gasteiger charge is -2.25. The van der Waals surface area contributed by atoms with Crippen molar-refractivity contribution in [2.45, 2.75) is 93.4 Å². The van der Waals surface area contributed by atoms with Crippen LogP contribution < -0.4 is 15.1 Å². The number of rotatable bonds is 17. The van der Waals surface area contributed by atoms with Gasteiger partial charge in [0.2, 0.25) is 17.9 Å². The van der Waals surface area contributed by atoms with E-state index in [2.05, 4.69) is 5.32 Å². The largest absolute Gasteiger partial charge is 0.480 e. The first-order chi connectivity index (χ1) is 36.4. The summed E-state index contributed by atoms with van der Waals surface area (Å²) in [5.74, 6) is -3.07. The van der Waals surface area contributed by atoms with Gasteiger partial charge in [0, 0.05) is 75.6 Å². The molecule has 4 heterocycles. The minimum atomic E-state index is -4.62. The first-order valence-corrected chi connectivity index (χ1v) is 30.7. The van der Waals surface area contributed by atoms with Crippen LogP contribution in [-0.2, 0) is 78.3 Å². The summed E-state index contributed by atoms with van der Waals surface area (Å²) in [6.45, 7) is 14.1. The second-order valence-electron chi connectivity index (χ2n) is 21.8. The topological polar surface area (TPSA) is 296 Å². The van der Waals surface area contributed by atoms with Crippen LogP contribution in [0.4, 0.5) is 22.7 Å². The summed E-state index contributed by atoms with van der Waals surface area (Å²) in [6.07, 6.45) is 13.5. The number of anilines is 2. The minimum absolute atomic E-state index is 0.0155. The molecule has 0 radical (unpaired) electrons. The van der Waals surface area contributed by atoms with Gasteiger partial charge in [-0.25, -0.2) is 0 Å². The van der Waals surface area contributed by atoms with Gasteiger partial charge >= 0.3 is 16.1 Å². The Balaban J connectivity index is 1.07. The van der Waals surface area contributed by atoms with Crippen LogP contribution in [0, 0.1) is 0 Å². The molecule has 0 saturated carbocycles. The molecule has 0 aromatic heterocycles. The van der Waals surface area contributed by atoms with E-state index >= 15 is 0 Å². The summed E-state index contributed by atoms with van der Waals surface area (Å²) in [5, 5.41) is 12.8. The number of aliphatic carboxylic acids is 1. The Kier molecular flexibility index (Phi) is 15.0. The van der Waals surface area contributed by atoms with Gasteiger partial charge < -0.3 is 20.2 Å². The van der Waals surface area contributed by atoms with Gasteiger partial charge in [-0.15, -0.1) is 0 Å². The van der Waals surface area contributed by atoms with E-state index in [-0.39, 0.29) is 22.9 Å². The Hall–Kier alpha value is -6.90. The zero-order chi connectivity index (χ0) is 58.2. The summed E-state index contributed by atoms with van der Waals surface area (Å²) in [6, 6.07) is 20.5. The summed E-state index contributed by atoms with van der Waals surface area (Å²) < 4.78 is 141. The number of hydrogen-bond acceptors (Lipinski definition) is 12. The van der Waals surface area contributed by atoms with Crippen molar-refractivity contribution in [3.05, 3.63) is 167 Å². The molecule has 0 unspecified atom stereocenters. The van der Waals surface area contributed by atoms with E-state index < -0.39 is 92.3 Å². The maximum Gasteiger partial charge on any atom is 0.326 e. The maximum atomic E-state index is 14.1. The van der Waals surface area contributed by atoms with Crippen molar-refractivity contribution in [1.29, 1.82) is 0 Å². The van der Waals surface area contributed by atoms with Crippen LogP contribution in [0.1, 0.15) is 83.2 Å². The number of fused-ring (bicyclic) bond motifs is 4. The van der Waals surface area contributed by atoms with E-state index in [0.717, 1.165) is 5.56 Å². The quantitative estimate of drug-likeness (QED) is 0.0350. The average molecular weight is 1160 g/mol. The number of carboxylic acids is 1. The highest BCUT2D eigenvalue weighted by atomic mass is 32.2. The molecular weight excluding hydrogens is 1100 g/mol. The predicted octanol–water partition coefficient (Wildman–Crippen LogP) is 7.06. The van der Waals surface area contributed by atoms with Crippen molar-refractivity contribution < 1.29 is 75.7 Å². The summed E-state index contributed by atoms with van der Waals surface area (Å²) in [4.78, 5) is 28.4. The number of benzene rings is 4. The summed E-state index contributed by atoms with van der Waals surface area (Å²) in [7, 11) is -18.2. The smallest absolute Gasteiger partial charge is 0.326 e. The van der Waals surface area contributed by atoms with E-state index in [0.29, 0.717) is 67.8 Å². The van der Waals surface area contributed by atoms with Crippen molar-refractivity contribution in [2.75, 3.05) is 34.6 Å². The van der Waals surface area contributed by atoms with Gasteiger partial charge in [0.15, 0.2) is 17.3 Å². The van der Waals surface area contributed by atoms with Crippen LogP contribution in [0.15, 0.2) is 149 Å². The Morgan fingerprint density at radius 2 is 1.08 bits per heavy atom. The number of amides is 1. The molecule has 4 aliphatic heterocycles. The molecule has 24 heteroatoms. The minimum Gasteiger partial charge on any atom is -0.480 e.